The fraction of sp³-hybridized carbons (Fsp3) is 0.600. The van der Waals surface area contributed by atoms with Gasteiger partial charge in [-0.2, -0.15) is 4.98 Å². The Morgan fingerprint density at radius 1 is 1.52 bits per heavy atom. The molecule has 1 saturated heterocycles. The predicted molar refractivity (Wildman–Crippen MR) is 77.5 cm³/mol. The maximum atomic E-state index is 11.8. The SMILES string of the molecule is Nc1nc2c(c(=O)[nH]1)NCN2[C@H]1C[C@H](O)[C@@H](COP(=O)(O)O)O1. The van der Waals surface area contributed by atoms with Gasteiger partial charge in [0.25, 0.3) is 5.56 Å². The molecule has 0 aromatic carbocycles. The summed E-state index contributed by atoms with van der Waals surface area (Å²) in [6, 6.07) is 0. The maximum absolute atomic E-state index is 11.8. The molecule has 12 nitrogen and oxygen atoms in total. The van der Waals surface area contributed by atoms with Crippen LogP contribution in [0.4, 0.5) is 17.5 Å². The van der Waals surface area contributed by atoms with Crippen LogP contribution in [-0.4, -0.2) is 56.6 Å². The molecule has 23 heavy (non-hydrogen) atoms. The molecular formula is C10H16N5O7P. The number of aromatic amines is 1. The second-order valence-electron chi connectivity index (χ2n) is 5.17. The summed E-state index contributed by atoms with van der Waals surface area (Å²) in [7, 11) is -4.65. The highest BCUT2D eigenvalue weighted by Crippen LogP contribution is 2.38. The van der Waals surface area contributed by atoms with Gasteiger partial charge in [-0.05, 0) is 0 Å². The minimum absolute atomic E-state index is 0.0534. The van der Waals surface area contributed by atoms with E-state index in [1.165, 1.54) is 0 Å². The molecule has 0 amide bonds. The van der Waals surface area contributed by atoms with Gasteiger partial charge in [-0.15, -0.1) is 0 Å². The number of aromatic nitrogens is 2. The first-order chi connectivity index (χ1) is 10.7. The normalized spacial score (nSPS) is 27.1. The molecule has 0 saturated carbocycles. The minimum Gasteiger partial charge on any atom is -0.390 e. The third-order valence-corrected chi connectivity index (χ3v) is 4.06. The van der Waals surface area contributed by atoms with Crippen LogP contribution in [0.15, 0.2) is 4.79 Å². The molecule has 0 bridgehead atoms. The zero-order chi connectivity index (χ0) is 16.8. The van der Waals surface area contributed by atoms with Gasteiger partial charge in [-0.1, -0.05) is 0 Å². The average Bonchev–Trinajstić information content (AvgIpc) is 2.99. The van der Waals surface area contributed by atoms with E-state index in [-0.39, 0.29) is 24.7 Å². The van der Waals surface area contributed by atoms with Crippen LogP contribution in [-0.2, 0) is 13.8 Å². The number of phosphoric ester groups is 1. The number of nitrogens with zero attached hydrogens (tertiary/aromatic N) is 2. The van der Waals surface area contributed by atoms with E-state index in [9.17, 15) is 14.5 Å². The molecule has 3 heterocycles. The van der Waals surface area contributed by atoms with Crippen LogP contribution in [0.2, 0.25) is 0 Å². The standard InChI is InChI=1S/C10H16N5O7P/c11-10-13-8-7(9(17)14-10)12-3-15(8)6-1-4(16)5(22-6)2-21-23(18,19)20/h4-6,12,16H,1-3H2,(H2,18,19,20)(H3,11,13,14,17)/t4-,5+,6+/m0/s1. The van der Waals surface area contributed by atoms with Gasteiger partial charge >= 0.3 is 7.82 Å². The fourth-order valence-electron chi connectivity index (χ4n) is 2.55. The predicted octanol–water partition coefficient (Wildman–Crippen LogP) is -1.87. The van der Waals surface area contributed by atoms with Crippen LogP contribution in [0.1, 0.15) is 6.42 Å². The summed E-state index contributed by atoms with van der Waals surface area (Å²) in [5.74, 6) is 0.238. The zero-order valence-electron chi connectivity index (χ0n) is 11.7. The van der Waals surface area contributed by atoms with Crippen molar-refractivity contribution in [2.75, 3.05) is 29.2 Å². The Kier molecular flexibility index (Phi) is 4.04. The van der Waals surface area contributed by atoms with E-state index >= 15 is 0 Å². The van der Waals surface area contributed by atoms with Crippen molar-refractivity contribution in [2.45, 2.75) is 24.9 Å². The molecule has 0 unspecified atom stereocenters. The van der Waals surface area contributed by atoms with Crippen molar-refractivity contribution in [1.82, 2.24) is 9.97 Å². The summed E-state index contributed by atoms with van der Waals surface area (Å²) >= 11 is 0. The van der Waals surface area contributed by atoms with E-state index in [0.717, 1.165) is 0 Å². The zero-order valence-corrected chi connectivity index (χ0v) is 12.6. The molecule has 1 fully saturated rings. The van der Waals surface area contributed by atoms with E-state index < -0.39 is 38.4 Å². The van der Waals surface area contributed by atoms with E-state index in [0.29, 0.717) is 5.82 Å². The van der Waals surface area contributed by atoms with Gasteiger partial charge in [0.05, 0.1) is 19.4 Å². The fourth-order valence-corrected chi connectivity index (χ4v) is 2.89. The highest BCUT2D eigenvalue weighted by Gasteiger charge is 2.41. The van der Waals surface area contributed by atoms with Gasteiger partial charge in [-0.3, -0.25) is 14.3 Å². The Bertz CT molecular complexity index is 705. The second-order valence-corrected chi connectivity index (χ2v) is 6.41. The number of nitrogen functional groups attached to an aromatic ring is 1. The van der Waals surface area contributed by atoms with Gasteiger partial charge < -0.3 is 35.6 Å². The third kappa shape index (κ3) is 3.32. The van der Waals surface area contributed by atoms with Gasteiger partial charge in [0, 0.05) is 6.42 Å². The van der Waals surface area contributed by atoms with Crippen molar-refractivity contribution in [3.05, 3.63) is 10.4 Å². The van der Waals surface area contributed by atoms with Crippen molar-refractivity contribution in [2.24, 2.45) is 0 Å². The second kappa shape index (κ2) is 5.74. The van der Waals surface area contributed by atoms with Crippen LogP contribution in [0.3, 0.4) is 0 Å². The van der Waals surface area contributed by atoms with Gasteiger partial charge in [0.1, 0.15) is 18.0 Å². The first-order valence-electron chi connectivity index (χ1n) is 6.68. The number of rotatable bonds is 4. The Hall–Kier alpha value is -1.69. The number of anilines is 3. The number of hydrogen-bond acceptors (Lipinski definition) is 9. The molecule has 0 radical (unpaired) electrons. The molecule has 13 heteroatoms. The molecule has 2 aliphatic heterocycles. The number of phosphoric acid groups is 1. The number of ether oxygens (including phenoxy) is 1. The lowest BCUT2D eigenvalue weighted by molar-refractivity contribution is -0.0214. The molecule has 3 rings (SSSR count). The lowest BCUT2D eigenvalue weighted by Crippen LogP contribution is -2.36. The first kappa shape index (κ1) is 16.2. The molecular weight excluding hydrogens is 333 g/mol. The Balaban J connectivity index is 1.74. The lowest BCUT2D eigenvalue weighted by Gasteiger charge is -2.24. The molecule has 1 aromatic heterocycles. The third-order valence-electron chi connectivity index (χ3n) is 3.58. The smallest absolute Gasteiger partial charge is 0.390 e. The molecule has 128 valence electrons. The van der Waals surface area contributed by atoms with E-state index in [1.807, 2.05) is 0 Å². The number of nitrogens with one attached hydrogen (secondary N) is 2. The van der Waals surface area contributed by atoms with Crippen molar-refractivity contribution < 1.29 is 28.7 Å². The Morgan fingerprint density at radius 2 is 2.26 bits per heavy atom. The minimum atomic E-state index is -4.65. The average molecular weight is 349 g/mol. The van der Waals surface area contributed by atoms with Crippen LogP contribution in [0, 0.1) is 0 Å². The number of H-pyrrole nitrogens is 1. The largest absolute Gasteiger partial charge is 0.469 e. The summed E-state index contributed by atoms with van der Waals surface area (Å²) in [5.41, 5.74) is 5.35. The lowest BCUT2D eigenvalue weighted by atomic mass is 10.2. The molecule has 1 aromatic rings. The van der Waals surface area contributed by atoms with E-state index in [4.69, 9.17) is 20.3 Å². The number of aliphatic hydroxyl groups excluding tert-OH is 1. The summed E-state index contributed by atoms with van der Waals surface area (Å²) in [6.07, 6.45) is -2.37. The van der Waals surface area contributed by atoms with Crippen molar-refractivity contribution >= 4 is 25.3 Å². The molecule has 7 N–H and O–H groups in total. The number of nitrogens with two attached hydrogens (primary N) is 1. The van der Waals surface area contributed by atoms with Crippen LogP contribution in [0.5, 0.6) is 0 Å². The van der Waals surface area contributed by atoms with Crippen molar-refractivity contribution in [1.29, 1.82) is 0 Å². The Labute approximate surface area is 129 Å². The van der Waals surface area contributed by atoms with Gasteiger partial charge in [-0.25, -0.2) is 4.57 Å². The Morgan fingerprint density at radius 3 is 2.96 bits per heavy atom. The van der Waals surface area contributed by atoms with E-state index in [2.05, 4.69) is 19.8 Å². The van der Waals surface area contributed by atoms with Crippen LogP contribution in [0.25, 0.3) is 0 Å². The molecule has 0 aliphatic carbocycles. The first-order valence-corrected chi connectivity index (χ1v) is 8.21. The van der Waals surface area contributed by atoms with Crippen molar-refractivity contribution in [3.63, 3.8) is 0 Å². The monoisotopic (exact) mass is 349 g/mol. The number of fused-ring (bicyclic) bond motifs is 1. The highest BCUT2D eigenvalue weighted by molar-refractivity contribution is 7.46. The molecule has 0 spiro atoms. The molecule has 3 atom stereocenters. The summed E-state index contributed by atoms with van der Waals surface area (Å²) in [5, 5.41) is 12.8. The van der Waals surface area contributed by atoms with E-state index in [1.54, 1.807) is 4.90 Å². The van der Waals surface area contributed by atoms with Crippen LogP contribution >= 0.6 is 7.82 Å². The van der Waals surface area contributed by atoms with Gasteiger partial charge in [0.2, 0.25) is 5.95 Å². The van der Waals surface area contributed by atoms with Gasteiger partial charge in [0.15, 0.2) is 5.82 Å². The number of hydrogen-bond donors (Lipinski definition) is 6. The summed E-state index contributed by atoms with van der Waals surface area (Å²) < 4.78 is 20.6. The molecule has 2 aliphatic rings. The topological polar surface area (TPSA) is 183 Å². The van der Waals surface area contributed by atoms with Crippen LogP contribution < -0.4 is 21.5 Å². The highest BCUT2D eigenvalue weighted by atomic mass is 31.2. The quantitative estimate of drug-likeness (QED) is 0.335. The maximum Gasteiger partial charge on any atom is 0.469 e. The summed E-state index contributed by atoms with van der Waals surface area (Å²) in [4.78, 5) is 37.2. The van der Waals surface area contributed by atoms with Crippen molar-refractivity contribution in [3.8, 4) is 0 Å². The summed E-state index contributed by atoms with van der Waals surface area (Å²) in [6.45, 7) is -0.237. The number of aliphatic hydroxyl groups is 1.